The molecule has 4 saturated carbocycles. The van der Waals surface area contributed by atoms with E-state index in [2.05, 4.69) is 34.1 Å². The van der Waals surface area contributed by atoms with Gasteiger partial charge in [0.1, 0.15) is 5.75 Å². The summed E-state index contributed by atoms with van der Waals surface area (Å²) < 4.78 is 1.11. The molecule has 4 aliphatic carbocycles. The first-order chi connectivity index (χ1) is 10.6. The maximum atomic E-state index is 10.7. The van der Waals surface area contributed by atoms with Crippen LogP contribution in [0.5, 0.6) is 5.75 Å². The van der Waals surface area contributed by atoms with E-state index >= 15 is 0 Å². The van der Waals surface area contributed by atoms with Gasteiger partial charge in [-0.05, 0) is 96.7 Å². The first-order valence-electron chi connectivity index (χ1n) is 8.54. The highest BCUT2D eigenvalue weighted by molar-refractivity contribution is 9.10. The van der Waals surface area contributed by atoms with Crippen molar-refractivity contribution in [3.63, 3.8) is 0 Å². The average Bonchev–Trinajstić information content (AvgIpc) is 2.45. The van der Waals surface area contributed by atoms with Crippen LogP contribution in [0.2, 0.25) is 0 Å². The molecule has 0 aromatic heterocycles. The molecule has 0 amide bonds. The van der Waals surface area contributed by atoms with Crippen molar-refractivity contribution in [2.45, 2.75) is 43.9 Å². The Bertz CT molecular complexity index is 728. The maximum absolute atomic E-state index is 10.7. The molecule has 2 aromatic carbocycles. The smallest absolute Gasteiger partial charge is 0.119 e. The Labute approximate surface area is 139 Å². The highest BCUT2D eigenvalue weighted by Crippen LogP contribution is 2.62. The van der Waals surface area contributed by atoms with E-state index in [1.54, 1.807) is 0 Å². The van der Waals surface area contributed by atoms with E-state index in [0.29, 0.717) is 5.75 Å². The molecule has 0 saturated heterocycles. The lowest BCUT2D eigenvalue weighted by molar-refractivity contribution is -0.00606. The first-order valence-corrected chi connectivity index (χ1v) is 9.33. The largest absolute Gasteiger partial charge is 0.508 e. The molecule has 2 heteroatoms. The zero-order valence-electron chi connectivity index (χ0n) is 12.7. The maximum Gasteiger partial charge on any atom is 0.119 e. The molecule has 0 heterocycles. The van der Waals surface area contributed by atoms with Gasteiger partial charge in [0.05, 0.1) is 0 Å². The number of phenolic OH excluding ortho intramolecular Hbond substituents is 1. The van der Waals surface area contributed by atoms with Gasteiger partial charge in [-0.25, -0.2) is 0 Å². The van der Waals surface area contributed by atoms with Crippen molar-refractivity contribution in [3.8, 4) is 5.75 Å². The third-order valence-corrected chi connectivity index (χ3v) is 7.02. The van der Waals surface area contributed by atoms with E-state index in [1.807, 2.05) is 12.1 Å². The molecule has 0 unspecified atom stereocenters. The van der Waals surface area contributed by atoms with Crippen LogP contribution in [0.25, 0.3) is 10.8 Å². The SMILES string of the molecule is Oc1cc2ccc(Br)cc2cc1C12CC3CC(CC(C3)C1)C2. The second-order valence-electron chi connectivity index (χ2n) is 8.06. The third kappa shape index (κ3) is 1.89. The zero-order valence-corrected chi connectivity index (χ0v) is 14.3. The number of hydrogen-bond donors (Lipinski definition) is 1. The number of fused-ring (bicyclic) bond motifs is 1. The molecule has 0 radical (unpaired) electrons. The second-order valence-corrected chi connectivity index (χ2v) is 8.97. The van der Waals surface area contributed by atoms with Crippen molar-refractivity contribution in [2.75, 3.05) is 0 Å². The molecule has 1 nitrogen and oxygen atoms in total. The quantitative estimate of drug-likeness (QED) is 0.686. The molecule has 0 spiro atoms. The minimum absolute atomic E-state index is 0.259. The van der Waals surface area contributed by atoms with Crippen LogP contribution in [-0.4, -0.2) is 5.11 Å². The lowest BCUT2D eigenvalue weighted by Crippen LogP contribution is -2.48. The fraction of sp³-hybridized carbons (Fsp3) is 0.500. The fourth-order valence-electron chi connectivity index (χ4n) is 6.12. The highest BCUT2D eigenvalue weighted by Gasteiger charge is 2.52. The van der Waals surface area contributed by atoms with Gasteiger partial charge in [0.25, 0.3) is 0 Å². The average molecular weight is 357 g/mol. The van der Waals surface area contributed by atoms with Gasteiger partial charge >= 0.3 is 0 Å². The number of hydrogen-bond acceptors (Lipinski definition) is 1. The lowest BCUT2D eigenvalue weighted by Gasteiger charge is -2.57. The molecule has 4 aliphatic rings. The van der Waals surface area contributed by atoms with Gasteiger partial charge in [-0.3, -0.25) is 0 Å². The molecule has 0 atom stereocenters. The van der Waals surface area contributed by atoms with Gasteiger partial charge in [0, 0.05) is 10.0 Å². The second kappa shape index (κ2) is 4.50. The van der Waals surface area contributed by atoms with Crippen LogP contribution in [0.4, 0.5) is 0 Å². The molecular weight excluding hydrogens is 336 g/mol. The lowest BCUT2D eigenvalue weighted by atomic mass is 9.48. The van der Waals surface area contributed by atoms with E-state index in [0.717, 1.165) is 27.6 Å². The Balaban J connectivity index is 1.68. The van der Waals surface area contributed by atoms with Crippen molar-refractivity contribution in [3.05, 3.63) is 40.4 Å². The summed E-state index contributed by atoms with van der Waals surface area (Å²) in [5.41, 5.74) is 1.49. The fourth-order valence-corrected chi connectivity index (χ4v) is 6.50. The molecule has 6 rings (SSSR count). The zero-order chi connectivity index (χ0) is 14.9. The first kappa shape index (κ1) is 13.4. The third-order valence-electron chi connectivity index (χ3n) is 6.53. The Kier molecular flexibility index (Phi) is 2.75. The van der Waals surface area contributed by atoms with Crippen LogP contribution in [0.15, 0.2) is 34.8 Å². The molecule has 2 aromatic rings. The van der Waals surface area contributed by atoms with Gasteiger partial charge in [0.15, 0.2) is 0 Å². The summed E-state index contributed by atoms with van der Waals surface area (Å²) in [5, 5.41) is 13.1. The highest BCUT2D eigenvalue weighted by atomic mass is 79.9. The van der Waals surface area contributed by atoms with Crippen molar-refractivity contribution in [1.82, 2.24) is 0 Å². The van der Waals surface area contributed by atoms with Gasteiger partial charge in [-0.15, -0.1) is 0 Å². The summed E-state index contributed by atoms with van der Waals surface area (Å²) in [6, 6.07) is 10.6. The van der Waals surface area contributed by atoms with Crippen LogP contribution in [-0.2, 0) is 5.41 Å². The number of aromatic hydroxyl groups is 1. The van der Waals surface area contributed by atoms with E-state index in [-0.39, 0.29) is 5.41 Å². The summed E-state index contributed by atoms with van der Waals surface area (Å²) in [4.78, 5) is 0. The molecule has 4 fully saturated rings. The van der Waals surface area contributed by atoms with Gasteiger partial charge in [-0.1, -0.05) is 22.0 Å². The van der Waals surface area contributed by atoms with Crippen molar-refractivity contribution < 1.29 is 5.11 Å². The van der Waals surface area contributed by atoms with Gasteiger partial charge in [0.2, 0.25) is 0 Å². The number of halogens is 1. The molecule has 1 N–H and O–H groups in total. The van der Waals surface area contributed by atoms with Gasteiger partial charge in [-0.2, -0.15) is 0 Å². The minimum atomic E-state index is 0.259. The number of benzene rings is 2. The molecule has 22 heavy (non-hydrogen) atoms. The Morgan fingerprint density at radius 3 is 2.14 bits per heavy atom. The van der Waals surface area contributed by atoms with Crippen molar-refractivity contribution >= 4 is 26.7 Å². The summed E-state index contributed by atoms with van der Waals surface area (Å²) in [6.45, 7) is 0. The van der Waals surface area contributed by atoms with Crippen LogP contribution in [0, 0.1) is 17.8 Å². The minimum Gasteiger partial charge on any atom is -0.508 e. The monoisotopic (exact) mass is 356 g/mol. The summed E-state index contributed by atoms with van der Waals surface area (Å²) in [7, 11) is 0. The number of phenols is 1. The standard InChI is InChI=1S/C20H21BrO/c21-17-2-1-15-8-19(22)18(7-16(15)6-17)20-9-12-3-13(10-20)5-14(4-12)11-20/h1-2,6-8,12-14,22H,3-5,9-11H2. The van der Waals surface area contributed by atoms with Gasteiger partial charge < -0.3 is 5.11 Å². The summed E-state index contributed by atoms with van der Waals surface area (Å²) >= 11 is 3.58. The van der Waals surface area contributed by atoms with E-state index < -0.39 is 0 Å². The normalized spacial score (nSPS) is 36.1. The van der Waals surface area contributed by atoms with E-state index in [4.69, 9.17) is 0 Å². The Morgan fingerprint density at radius 2 is 1.50 bits per heavy atom. The van der Waals surface area contributed by atoms with Crippen LogP contribution in [0.3, 0.4) is 0 Å². The number of rotatable bonds is 1. The Morgan fingerprint density at radius 1 is 0.864 bits per heavy atom. The van der Waals surface area contributed by atoms with Crippen molar-refractivity contribution in [2.24, 2.45) is 17.8 Å². The topological polar surface area (TPSA) is 20.2 Å². The van der Waals surface area contributed by atoms with Crippen LogP contribution < -0.4 is 0 Å². The molecule has 114 valence electrons. The molecular formula is C20H21BrO. The van der Waals surface area contributed by atoms with E-state index in [9.17, 15) is 5.11 Å². The van der Waals surface area contributed by atoms with Crippen LogP contribution in [0.1, 0.15) is 44.1 Å². The van der Waals surface area contributed by atoms with Crippen molar-refractivity contribution in [1.29, 1.82) is 0 Å². The molecule has 4 bridgehead atoms. The Hall–Kier alpha value is -1.02. The predicted molar refractivity (Wildman–Crippen MR) is 93.2 cm³/mol. The van der Waals surface area contributed by atoms with E-state index in [1.165, 1.54) is 49.5 Å². The summed E-state index contributed by atoms with van der Waals surface area (Å²) in [5.74, 6) is 3.24. The predicted octanol–water partition coefficient (Wildman–Crippen LogP) is 5.78. The van der Waals surface area contributed by atoms with Crippen LogP contribution >= 0.6 is 15.9 Å². The molecule has 0 aliphatic heterocycles. The summed E-state index contributed by atoms with van der Waals surface area (Å²) in [6.07, 6.45) is 8.22.